The highest BCUT2D eigenvalue weighted by Crippen LogP contribution is 2.21. The van der Waals surface area contributed by atoms with E-state index >= 15 is 0 Å². The molecule has 2 aliphatic heterocycles. The molecule has 0 radical (unpaired) electrons. The average Bonchev–Trinajstić information content (AvgIpc) is 2.28. The van der Waals surface area contributed by atoms with E-state index in [0.717, 1.165) is 38.9 Å². The van der Waals surface area contributed by atoms with Gasteiger partial charge in [-0.1, -0.05) is 0 Å². The van der Waals surface area contributed by atoms with Gasteiger partial charge in [0.2, 0.25) is 10.0 Å². The van der Waals surface area contributed by atoms with Gasteiger partial charge in [0.25, 0.3) is 0 Å². The summed E-state index contributed by atoms with van der Waals surface area (Å²) >= 11 is 0. The van der Waals surface area contributed by atoms with Crippen LogP contribution in [0.5, 0.6) is 0 Å². The zero-order valence-electron chi connectivity index (χ0n) is 11.6. The van der Waals surface area contributed by atoms with Gasteiger partial charge in [-0.3, -0.25) is 0 Å². The molecule has 0 aromatic rings. The number of hydrogen-bond acceptors (Lipinski definition) is 4. The van der Waals surface area contributed by atoms with Gasteiger partial charge in [0.15, 0.2) is 0 Å². The van der Waals surface area contributed by atoms with Crippen LogP contribution in [-0.4, -0.2) is 62.6 Å². The van der Waals surface area contributed by atoms with Crippen LogP contribution in [0, 0.1) is 5.92 Å². The summed E-state index contributed by atoms with van der Waals surface area (Å²) in [6.07, 6.45) is 5.72. The molecule has 2 saturated heterocycles. The molecule has 0 spiro atoms. The molecule has 0 aromatic carbocycles. The molecular weight excluding hydrogens is 286 g/mol. The molecule has 2 aliphatic rings. The van der Waals surface area contributed by atoms with E-state index in [9.17, 15) is 8.42 Å². The molecule has 114 valence electrons. The minimum absolute atomic E-state index is 0. The Hall–Kier alpha value is 0.120. The van der Waals surface area contributed by atoms with Gasteiger partial charge in [-0.2, -0.15) is 0 Å². The van der Waals surface area contributed by atoms with Gasteiger partial charge < -0.3 is 10.6 Å². The summed E-state index contributed by atoms with van der Waals surface area (Å²) in [6.45, 7) is 4.46. The van der Waals surface area contributed by atoms with Crippen LogP contribution in [0.1, 0.15) is 25.7 Å². The molecular formula is C12H26ClN3O2S. The second-order valence-electron chi connectivity index (χ2n) is 5.79. The summed E-state index contributed by atoms with van der Waals surface area (Å²) < 4.78 is 24.8. The molecule has 2 N–H and O–H groups in total. The first-order chi connectivity index (χ1) is 8.45. The monoisotopic (exact) mass is 311 g/mol. The third-order valence-corrected chi connectivity index (χ3v) is 5.28. The molecule has 5 nitrogen and oxygen atoms in total. The van der Waals surface area contributed by atoms with Crippen LogP contribution < -0.4 is 5.73 Å². The minimum atomic E-state index is -3.02. The lowest BCUT2D eigenvalue weighted by Crippen LogP contribution is -2.48. The largest absolute Gasteiger partial charge is 0.327 e. The third-order valence-electron chi connectivity index (χ3n) is 4.01. The fourth-order valence-electron chi connectivity index (χ4n) is 3.10. The van der Waals surface area contributed by atoms with Crippen LogP contribution in [-0.2, 0) is 10.0 Å². The van der Waals surface area contributed by atoms with Crippen molar-refractivity contribution in [3.63, 3.8) is 0 Å². The summed E-state index contributed by atoms with van der Waals surface area (Å²) in [5, 5.41) is 0. The summed E-state index contributed by atoms with van der Waals surface area (Å²) in [5.74, 6) is 0.471. The van der Waals surface area contributed by atoms with E-state index in [2.05, 4.69) is 4.90 Å². The molecule has 1 unspecified atom stereocenters. The smallest absolute Gasteiger partial charge is 0.211 e. The number of rotatable bonds is 3. The van der Waals surface area contributed by atoms with Crippen molar-refractivity contribution in [2.45, 2.75) is 31.7 Å². The first-order valence-corrected chi connectivity index (χ1v) is 8.73. The van der Waals surface area contributed by atoms with Crippen LogP contribution in [0.25, 0.3) is 0 Å². The SMILES string of the molecule is CS(=O)(=O)N1CCCC(CN2CCC[C@@H](N)C2)C1.Cl. The van der Waals surface area contributed by atoms with Crippen molar-refractivity contribution >= 4 is 22.4 Å². The van der Waals surface area contributed by atoms with E-state index in [1.807, 2.05) is 0 Å². The Morgan fingerprint density at radius 2 is 1.84 bits per heavy atom. The van der Waals surface area contributed by atoms with Gasteiger partial charge in [0.05, 0.1) is 6.26 Å². The summed E-state index contributed by atoms with van der Waals surface area (Å²) in [7, 11) is -3.02. The van der Waals surface area contributed by atoms with Gasteiger partial charge in [-0.25, -0.2) is 12.7 Å². The van der Waals surface area contributed by atoms with Gasteiger partial charge in [-0.15, -0.1) is 12.4 Å². The normalized spacial score (nSPS) is 30.8. The topological polar surface area (TPSA) is 66.6 Å². The number of nitrogens with zero attached hydrogens (tertiary/aromatic N) is 2. The lowest BCUT2D eigenvalue weighted by Gasteiger charge is -2.37. The van der Waals surface area contributed by atoms with Crippen LogP contribution in [0.4, 0.5) is 0 Å². The van der Waals surface area contributed by atoms with Gasteiger partial charge in [-0.05, 0) is 38.1 Å². The fourth-order valence-corrected chi connectivity index (χ4v) is 4.04. The van der Waals surface area contributed by atoms with Crippen molar-refractivity contribution in [1.29, 1.82) is 0 Å². The van der Waals surface area contributed by atoms with E-state index in [4.69, 9.17) is 5.73 Å². The number of halogens is 1. The van der Waals surface area contributed by atoms with Crippen LogP contribution in [0.15, 0.2) is 0 Å². The van der Waals surface area contributed by atoms with Gasteiger partial charge in [0, 0.05) is 32.2 Å². The van der Waals surface area contributed by atoms with Crippen molar-refractivity contribution in [3.8, 4) is 0 Å². The minimum Gasteiger partial charge on any atom is -0.327 e. The zero-order chi connectivity index (χ0) is 13.2. The Labute approximate surface area is 123 Å². The number of piperidine rings is 2. The Bertz CT molecular complexity index is 377. The molecule has 19 heavy (non-hydrogen) atoms. The average molecular weight is 312 g/mol. The number of nitrogens with two attached hydrogens (primary N) is 1. The molecule has 0 amide bonds. The Morgan fingerprint density at radius 1 is 1.16 bits per heavy atom. The van der Waals surface area contributed by atoms with E-state index in [0.29, 0.717) is 25.0 Å². The number of hydrogen-bond donors (Lipinski definition) is 1. The standard InChI is InChI=1S/C12H25N3O2S.ClH/c1-18(16,17)15-7-2-4-11(9-15)8-14-6-3-5-12(13)10-14;/h11-12H,2-10,13H2,1H3;1H/t11?,12-;/m1./s1. The van der Waals surface area contributed by atoms with Gasteiger partial charge >= 0.3 is 0 Å². The van der Waals surface area contributed by atoms with Crippen LogP contribution >= 0.6 is 12.4 Å². The highest BCUT2D eigenvalue weighted by atomic mass is 35.5. The first-order valence-electron chi connectivity index (χ1n) is 6.88. The van der Waals surface area contributed by atoms with Crippen LogP contribution in [0.3, 0.4) is 0 Å². The van der Waals surface area contributed by atoms with Crippen molar-refractivity contribution in [1.82, 2.24) is 9.21 Å². The van der Waals surface area contributed by atoms with E-state index in [1.54, 1.807) is 4.31 Å². The molecule has 7 heteroatoms. The lowest BCUT2D eigenvalue weighted by molar-refractivity contribution is 0.148. The molecule has 0 aromatic heterocycles. The van der Waals surface area contributed by atoms with Gasteiger partial charge in [0.1, 0.15) is 0 Å². The Kier molecular flexibility index (Phi) is 6.53. The van der Waals surface area contributed by atoms with Crippen molar-refractivity contribution in [2.24, 2.45) is 11.7 Å². The first kappa shape index (κ1) is 17.2. The number of likely N-dealkylation sites (tertiary alicyclic amines) is 1. The quantitative estimate of drug-likeness (QED) is 0.824. The Balaban J connectivity index is 0.00000180. The van der Waals surface area contributed by atoms with Crippen LogP contribution in [0.2, 0.25) is 0 Å². The fraction of sp³-hybridized carbons (Fsp3) is 1.00. The van der Waals surface area contributed by atoms with Crippen molar-refractivity contribution in [2.75, 3.05) is 39.0 Å². The molecule has 0 bridgehead atoms. The highest BCUT2D eigenvalue weighted by Gasteiger charge is 2.28. The summed E-state index contributed by atoms with van der Waals surface area (Å²) in [5.41, 5.74) is 5.98. The summed E-state index contributed by atoms with van der Waals surface area (Å²) in [6, 6.07) is 0.299. The van der Waals surface area contributed by atoms with E-state index in [-0.39, 0.29) is 12.4 Å². The second-order valence-corrected chi connectivity index (χ2v) is 7.77. The zero-order valence-corrected chi connectivity index (χ0v) is 13.3. The second kappa shape index (κ2) is 7.22. The maximum Gasteiger partial charge on any atom is 0.211 e. The predicted octanol–water partition coefficient (Wildman–Crippen LogP) is 0.503. The molecule has 2 heterocycles. The predicted molar refractivity (Wildman–Crippen MR) is 80.0 cm³/mol. The Morgan fingerprint density at radius 3 is 2.47 bits per heavy atom. The molecule has 2 fully saturated rings. The highest BCUT2D eigenvalue weighted by molar-refractivity contribution is 7.88. The van der Waals surface area contributed by atoms with Crippen molar-refractivity contribution in [3.05, 3.63) is 0 Å². The van der Waals surface area contributed by atoms with Crippen molar-refractivity contribution < 1.29 is 8.42 Å². The van der Waals surface area contributed by atoms with E-state index < -0.39 is 10.0 Å². The molecule has 0 aliphatic carbocycles. The molecule has 2 atom stereocenters. The molecule has 0 saturated carbocycles. The lowest BCUT2D eigenvalue weighted by atomic mass is 9.97. The summed E-state index contributed by atoms with van der Waals surface area (Å²) in [4.78, 5) is 2.41. The third kappa shape index (κ3) is 5.19. The van der Waals surface area contributed by atoms with E-state index in [1.165, 1.54) is 12.7 Å². The maximum absolute atomic E-state index is 11.6. The maximum atomic E-state index is 11.6. The molecule has 2 rings (SSSR count). The number of sulfonamides is 1.